The van der Waals surface area contributed by atoms with Crippen LogP contribution in [0.5, 0.6) is 0 Å². The molecular formula is C14H18ClN3O. The van der Waals surface area contributed by atoms with Gasteiger partial charge in [0.2, 0.25) is 5.28 Å². The van der Waals surface area contributed by atoms with Gasteiger partial charge in [0, 0.05) is 18.7 Å². The highest BCUT2D eigenvalue weighted by Crippen LogP contribution is 2.17. The first-order valence-electron chi connectivity index (χ1n) is 6.60. The molecule has 19 heavy (non-hydrogen) atoms. The smallest absolute Gasteiger partial charge is 0.253 e. The van der Waals surface area contributed by atoms with Crippen LogP contribution in [-0.4, -0.2) is 33.9 Å². The normalized spacial score (nSPS) is 10.9. The maximum Gasteiger partial charge on any atom is 0.253 e. The number of fused-ring (bicyclic) bond motifs is 1. The zero-order valence-corrected chi connectivity index (χ0v) is 12.0. The van der Waals surface area contributed by atoms with E-state index < -0.39 is 0 Å². The first-order chi connectivity index (χ1) is 9.15. The van der Waals surface area contributed by atoms with Gasteiger partial charge in [0.15, 0.2) is 0 Å². The van der Waals surface area contributed by atoms with Gasteiger partial charge in [0.05, 0.1) is 11.0 Å². The van der Waals surface area contributed by atoms with Crippen molar-refractivity contribution in [2.24, 2.45) is 0 Å². The molecule has 1 aromatic heterocycles. The fourth-order valence-corrected chi connectivity index (χ4v) is 2.34. The van der Waals surface area contributed by atoms with E-state index in [9.17, 15) is 4.79 Å². The summed E-state index contributed by atoms with van der Waals surface area (Å²) in [5.74, 6) is 0.0660. The summed E-state index contributed by atoms with van der Waals surface area (Å²) in [6.07, 6.45) is 1.92. The molecule has 102 valence electrons. The molecule has 2 aromatic rings. The van der Waals surface area contributed by atoms with Crippen LogP contribution in [0, 0.1) is 0 Å². The van der Waals surface area contributed by atoms with Crippen molar-refractivity contribution >= 4 is 28.5 Å². The first-order valence-corrected chi connectivity index (χ1v) is 6.98. The summed E-state index contributed by atoms with van der Waals surface area (Å²) in [6, 6.07) is 5.44. The molecule has 0 spiro atoms. The molecule has 0 radical (unpaired) electrons. The number of hydrogen-bond acceptors (Lipinski definition) is 2. The lowest BCUT2D eigenvalue weighted by Crippen LogP contribution is -2.32. The number of aromatic nitrogens is 2. The number of carbonyl (C=O) groups excluding carboxylic acids is 1. The van der Waals surface area contributed by atoms with E-state index in [0.29, 0.717) is 10.8 Å². The van der Waals surface area contributed by atoms with Crippen LogP contribution in [0.15, 0.2) is 18.2 Å². The van der Waals surface area contributed by atoms with Gasteiger partial charge in [0.25, 0.3) is 5.91 Å². The summed E-state index contributed by atoms with van der Waals surface area (Å²) in [5, 5.41) is 0.346. The second kappa shape index (κ2) is 6.06. The van der Waals surface area contributed by atoms with Gasteiger partial charge in [-0.25, -0.2) is 4.98 Å². The van der Waals surface area contributed by atoms with Gasteiger partial charge in [-0.3, -0.25) is 4.79 Å². The monoisotopic (exact) mass is 279 g/mol. The van der Waals surface area contributed by atoms with Gasteiger partial charge in [0.1, 0.15) is 0 Å². The van der Waals surface area contributed by atoms with Crippen molar-refractivity contribution in [1.29, 1.82) is 0 Å². The Hall–Kier alpha value is -1.55. The number of imidazole rings is 1. The van der Waals surface area contributed by atoms with E-state index in [0.717, 1.165) is 37.0 Å². The molecule has 1 N–H and O–H groups in total. The van der Waals surface area contributed by atoms with E-state index >= 15 is 0 Å². The van der Waals surface area contributed by atoms with Crippen LogP contribution in [0.25, 0.3) is 11.0 Å². The lowest BCUT2D eigenvalue weighted by molar-refractivity contribution is 0.0755. The Bertz CT molecular complexity index is 573. The summed E-state index contributed by atoms with van der Waals surface area (Å²) >= 11 is 5.82. The van der Waals surface area contributed by atoms with E-state index in [1.54, 1.807) is 6.07 Å². The second-order valence-electron chi connectivity index (χ2n) is 4.55. The largest absolute Gasteiger partial charge is 0.339 e. The standard InChI is InChI=1S/C14H18ClN3O/c1-3-7-18(8-4-2)13(19)10-5-6-11-12(9-10)17-14(15)16-11/h5-6,9H,3-4,7-8H2,1-2H3,(H,16,17). The van der Waals surface area contributed by atoms with Gasteiger partial charge in [-0.15, -0.1) is 0 Å². The third-order valence-electron chi connectivity index (χ3n) is 2.97. The zero-order valence-electron chi connectivity index (χ0n) is 11.2. The highest BCUT2D eigenvalue weighted by Gasteiger charge is 2.15. The number of nitrogens with one attached hydrogen (secondary N) is 1. The van der Waals surface area contributed by atoms with E-state index in [1.165, 1.54) is 0 Å². The SMILES string of the molecule is CCCN(CCC)C(=O)c1ccc2nc(Cl)[nH]c2c1. The quantitative estimate of drug-likeness (QED) is 0.911. The van der Waals surface area contributed by atoms with Gasteiger partial charge in [-0.2, -0.15) is 0 Å². The van der Waals surface area contributed by atoms with E-state index in [4.69, 9.17) is 11.6 Å². The number of H-pyrrole nitrogens is 1. The molecule has 0 saturated carbocycles. The molecule has 2 rings (SSSR count). The molecule has 0 aliphatic rings. The summed E-state index contributed by atoms with van der Waals surface area (Å²) < 4.78 is 0. The van der Waals surface area contributed by atoms with Gasteiger partial charge >= 0.3 is 0 Å². The average molecular weight is 280 g/mol. The maximum absolute atomic E-state index is 12.4. The number of aromatic amines is 1. The van der Waals surface area contributed by atoms with Crippen LogP contribution in [0.3, 0.4) is 0 Å². The molecule has 0 atom stereocenters. The predicted octanol–water partition coefficient (Wildman–Crippen LogP) is 3.48. The van der Waals surface area contributed by atoms with Crippen LogP contribution >= 0.6 is 11.6 Å². The van der Waals surface area contributed by atoms with Crippen molar-refractivity contribution in [3.63, 3.8) is 0 Å². The lowest BCUT2D eigenvalue weighted by Gasteiger charge is -2.21. The Morgan fingerprint density at radius 2 is 2.00 bits per heavy atom. The average Bonchev–Trinajstić information content (AvgIpc) is 2.76. The fraction of sp³-hybridized carbons (Fsp3) is 0.429. The van der Waals surface area contributed by atoms with Gasteiger partial charge < -0.3 is 9.88 Å². The number of amides is 1. The summed E-state index contributed by atoms with van der Waals surface area (Å²) in [4.78, 5) is 21.4. The van der Waals surface area contributed by atoms with Gasteiger partial charge in [-0.1, -0.05) is 13.8 Å². The molecule has 1 aromatic carbocycles. The molecule has 1 heterocycles. The van der Waals surface area contributed by atoms with Crippen LogP contribution in [0.1, 0.15) is 37.0 Å². The number of carbonyl (C=O) groups is 1. The van der Waals surface area contributed by atoms with Crippen LogP contribution in [0.4, 0.5) is 0 Å². The van der Waals surface area contributed by atoms with E-state index in [1.807, 2.05) is 17.0 Å². The van der Waals surface area contributed by atoms with Crippen molar-refractivity contribution in [3.05, 3.63) is 29.0 Å². The number of halogens is 1. The highest BCUT2D eigenvalue weighted by atomic mass is 35.5. The second-order valence-corrected chi connectivity index (χ2v) is 4.91. The minimum atomic E-state index is 0.0660. The number of hydrogen-bond donors (Lipinski definition) is 1. The molecule has 0 fully saturated rings. The highest BCUT2D eigenvalue weighted by molar-refractivity contribution is 6.29. The lowest BCUT2D eigenvalue weighted by atomic mass is 10.1. The molecule has 0 aliphatic carbocycles. The van der Waals surface area contributed by atoms with Crippen LogP contribution in [-0.2, 0) is 0 Å². The van der Waals surface area contributed by atoms with Crippen molar-refractivity contribution in [1.82, 2.24) is 14.9 Å². The molecule has 0 unspecified atom stereocenters. The Balaban J connectivity index is 2.28. The first kappa shape index (κ1) is 13.9. The van der Waals surface area contributed by atoms with Crippen molar-refractivity contribution in [2.45, 2.75) is 26.7 Å². The predicted molar refractivity (Wildman–Crippen MR) is 77.6 cm³/mol. The Morgan fingerprint density at radius 1 is 1.32 bits per heavy atom. The molecule has 5 heteroatoms. The maximum atomic E-state index is 12.4. The molecule has 1 amide bonds. The van der Waals surface area contributed by atoms with Gasteiger partial charge in [-0.05, 0) is 42.6 Å². The van der Waals surface area contributed by atoms with E-state index in [2.05, 4.69) is 23.8 Å². The molecule has 0 saturated heterocycles. The van der Waals surface area contributed by atoms with Crippen molar-refractivity contribution < 1.29 is 4.79 Å². The molecule has 0 aliphatic heterocycles. The van der Waals surface area contributed by atoms with Crippen molar-refractivity contribution in [3.8, 4) is 0 Å². The fourth-order valence-electron chi connectivity index (χ4n) is 2.15. The molecular weight excluding hydrogens is 262 g/mol. The topological polar surface area (TPSA) is 49.0 Å². The van der Waals surface area contributed by atoms with Crippen LogP contribution in [0.2, 0.25) is 5.28 Å². The zero-order chi connectivity index (χ0) is 13.8. The Kier molecular flexibility index (Phi) is 4.43. The summed E-state index contributed by atoms with van der Waals surface area (Å²) in [7, 11) is 0. The molecule has 4 nitrogen and oxygen atoms in total. The minimum absolute atomic E-state index is 0.0660. The molecule has 0 bridgehead atoms. The third kappa shape index (κ3) is 3.07. The Labute approximate surface area is 117 Å². The summed E-state index contributed by atoms with van der Waals surface area (Å²) in [6.45, 7) is 5.73. The number of rotatable bonds is 5. The number of nitrogens with zero attached hydrogens (tertiary/aromatic N) is 2. The Morgan fingerprint density at radius 3 is 2.63 bits per heavy atom. The summed E-state index contributed by atoms with van der Waals surface area (Å²) in [5.41, 5.74) is 2.25. The number of benzene rings is 1. The van der Waals surface area contributed by atoms with E-state index in [-0.39, 0.29) is 5.91 Å². The van der Waals surface area contributed by atoms with Crippen molar-refractivity contribution in [2.75, 3.05) is 13.1 Å². The minimum Gasteiger partial charge on any atom is -0.339 e. The third-order valence-corrected chi connectivity index (χ3v) is 3.15. The van der Waals surface area contributed by atoms with Crippen LogP contribution < -0.4 is 0 Å².